The van der Waals surface area contributed by atoms with E-state index in [9.17, 15) is 0 Å². The average Bonchev–Trinajstić information content (AvgIpc) is 3.41. The molecule has 4 aliphatic rings. The van der Waals surface area contributed by atoms with Gasteiger partial charge in [-0.15, -0.1) is 0 Å². The van der Waals surface area contributed by atoms with Gasteiger partial charge in [0.15, 0.2) is 0 Å². The quantitative estimate of drug-likeness (QED) is 0.648. The molecule has 0 aliphatic carbocycles. The summed E-state index contributed by atoms with van der Waals surface area (Å²) >= 11 is 0. The first-order valence-corrected chi connectivity index (χ1v) is 8.48. The van der Waals surface area contributed by atoms with Crippen molar-refractivity contribution < 1.29 is 23.7 Å². The van der Waals surface area contributed by atoms with Crippen LogP contribution in [0.2, 0.25) is 0 Å². The summed E-state index contributed by atoms with van der Waals surface area (Å²) in [6, 6.07) is 10.4. The van der Waals surface area contributed by atoms with E-state index in [1.165, 1.54) is 5.56 Å². The molecule has 0 bridgehead atoms. The Kier molecular flexibility index (Phi) is 3.29. The molecule has 5 rings (SSSR count). The minimum absolute atomic E-state index is 0.221. The van der Waals surface area contributed by atoms with Gasteiger partial charge in [-0.2, -0.15) is 0 Å². The number of hydrogen-bond acceptors (Lipinski definition) is 5. The minimum Gasteiger partial charge on any atom is -0.375 e. The summed E-state index contributed by atoms with van der Waals surface area (Å²) in [4.78, 5) is 0. The van der Waals surface area contributed by atoms with E-state index in [-0.39, 0.29) is 17.3 Å². The largest absolute Gasteiger partial charge is 0.375 e. The Labute approximate surface area is 135 Å². The molecule has 4 unspecified atom stereocenters. The van der Waals surface area contributed by atoms with Gasteiger partial charge in [-0.3, -0.25) is 0 Å². The molecule has 5 heteroatoms. The van der Waals surface area contributed by atoms with Crippen molar-refractivity contribution in [2.24, 2.45) is 0 Å². The summed E-state index contributed by atoms with van der Waals surface area (Å²) in [5, 5.41) is 0. The standard InChI is InChI=1S/C18H22O5/c1-2-4-13(5-3-1)18(12-19-8-16-11-22-16)17(23-18,6-14-9-20-14)7-15-10-21-15/h1-5,14-16H,6-12H2. The Balaban J connectivity index is 1.39. The maximum atomic E-state index is 6.46. The van der Waals surface area contributed by atoms with Gasteiger partial charge >= 0.3 is 0 Å². The molecular weight excluding hydrogens is 296 g/mol. The highest BCUT2D eigenvalue weighted by atomic mass is 16.7. The van der Waals surface area contributed by atoms with Gasteiger partial charge in [0.2, 0.25) is 0 Å². The molecule has 4 aliphatic heterocycles. The van der Waals surface area contributed by atoms with Crippen LogP contribution in [0.4, 0.5) is 0 Å². The van der Waals surface area contributed by atoms with E-state index < -0.39 is 0 Å². The van der Waals surface area contributed by atoms with Crippen LogP contribution < -0.4 is 0 Å². The first-order valence-electron chi connectivity index (χ1n) is 8.48. The summed E-state index contributed by atoms with van der Waals surface area (Å²) in [6.45, 7) is 3.72. The molecule has 0 N–H and O–H groups in total. The molecule has 4 heterocycles. The molecule has 0 aromatic heterocycles. The lowest BCUT2D eigenvalue weighted by Gasteiger charge is -2.20. The number of ether oxygens (including phenoxy) is 5. The Bertz CT molecular complexity index is 550. The van der Waals surface area contributed by atoms with E-state index in [4.69, 9.17) is 23.7 Å². The lowest BCUT2D eigenvalue weighted by atomic mass is 9.81. The van der Waals surface area contributed by atoms with Crippen molar-refractivity contribution in [1.29, 1.82) is 0 Å². The summed E-state index contributed by atoms with van der Waals surface area (Å²) in [6.07, 6.45) is 2.77. The van der Waals surface area contributed by atoms with Crippen LogP contribution in [0.5, 0.6) is 0 Å². The molecule has 0 saturated carbocycles. The lowest BCUT2D eigenvalue weighted by molar-refractivity contribution is 0.0671. The van der Waals surface area contributed by atoms with Crippen molar-refractivity contribution in [3.05, 3.63) is 35.9 Å². The summed E-state index contributed by atoms with van der Waals surface area (Å²) in [5.74, 6) is 0. The summed E-state index contributed by atoms with van der Waals surface area (Å²) < 4.78 is 28.6. The van der Waals surface area contributed by atoms with Crippen LogP contribution in [0.1, 0.15) is 18.4 Å². The number of rotatable bonds is 9. The Morgan fingerprint density at radius 3 is 2.09 bits per heavy atom. The van der Waals surface area contributed by atoms with Gasteiger partial charge in [0, 0.05) is 12.8 Å². The second-order valence-electron chi connectivity index (χ2n) is 7.08. The molecule has 5 nitrogen and oxygen atoms in total. The average molecular weight is 318 g/mol. The van der Waals surface area contributed by atoms with Gasteiger partial charge in [-0.25, -0.2) is 0 Å². The van der Waals surface area contributed by atoms with Crippen molar-refractivity contribution >= 4 is 0 Å². The van der Waals surface area contributed by atoms with Gasteiger partial charge < -0.3 is 23.7 Å². The maximum absolute atomic E-state index is 6.46. The second-order valence-corrected chi connectivity index (χ2v) is 7.08. The first kappa shape index (κ1) is 14.4. The van der Waals surface area contributed by atoms with Crippen LogP contribution in [0.25, 0.3) is 0 Å². The van der Waals surface area contributed by atoms with Gasteiger partial charge in [-0.1, -0.05) is 30.3 Å². The summed E-state index contributed by atoms with van der Waals surface area (Å²) in [7, 11) is 0. The van der Waals surface area contributed by atoms with Crippen molar-refractivity contribution in [2.75, 3.05) is 33.0 Å². The van der Waals surface area contributed by atoms with Crippen LogP contribution in [-0.4, -0.2) is 56.9 Å². The Morgan fingerprint density at radius 2 is 1.52 bits per heavy atom. The topological polar surface area (TPSA) is 59.4 Å². The predicted octanol–water partition coefficient (Wildman–Crippen LogP) is 1.64. The number of benzene rings is 1. The molecule has 23 heavy (non-hydrogen) atoms. The van der Waals surface area contributed by atoms with E-state index in [1.807, 2.05) is 6.07 Å². The van der Waals surface area contributed by atoms with Crippen molar-refractivity contribution in [3.8, 4) is 0 Å². The van der Waals surface area contributed by atoms with E-state index in [2.05, 4.69) is 24.3 Å². The molecule has 0 radical (unpaired) electrons. The van der Waals surface area contributed by atoms with Crippen LogP contribution in [0, 0.1) is 0 Å². The van der Waals surface area contributed by atoms with E-state index in [1.54, 1.807) is 0 Å². The molecule has 1 aromatic rings. The van der Waals surface area contributed by atoms with Gasteiger partial charge in [-0.05, 0) is 5.56 Å². The van der Waals surface area contributed by atoms with Crippen LogP contribution in [0.3, 0.4) is 0 Å². The van der Waals surface area contributed by atoms with E-state index in [0.717, 1.165) is 32.7 Å². The molecule has 0 amide bonds. The molecule has 4 atom stereocenters. The van der Waals surface area contributed by atoms with Crippen molar-refractivity contribution in [2.45, 2.75) is 42.4 Å². The van der Waals surface area contributed by atoms with Crippen LogP contribution in [0.15, 0.2) is 30.3 Å². The SMILES string of the molecule is c1ccc(C2(COCC3CO3)OC2(CC2CO2)CC2CO2)cc1. The summed E-state index contributed by atoms with van der Waals surface area (Å²) in [5.41, 5.74) is 0.598. The molecule has 4 fully saturated rings. The molecule has 1 aromatic carbocycles. The fraction of sp³-hybridized carbons (Fsp3) is 0.667. The van der Waals surface area contributed by atoms with Gasteiger partial charge in [0.25, 0.3) is 0 Å². The third kappa shape index (κ3) is 2.81. The third-order valence-corrected chi connectivity index (χ3v) is 5.23. The minimum atomic E-state index is -0.374. The number of epoxide rings is 4. The highest BCUT2D eigenvalue weighted by molar-refractivity contribution is 5.35. The van der Waals surface area contributed by atoms with E-state index in [0.29, 0.717) is 25.4 Å². The molecular formula is C18H22O5. The fourth-order valence-corrected chi connectivity index (χ4v) is 3.68. The highest BCUT2D eigenvalue weighted by Gasteiger charge is 2.72. The Hall–Kier alpha value is -0.980. The van der Waals surface area contributed by atoms with Crippen LogP contribution >= 0.6 is 0 Å². The zero-order valence-corrected chi connectivity index (χ0v) is 13.1. The van der Waals surface area contributed by atoms with Gasteiger partial charge in [0.05, 0.1) is 45.2 Å². The maximum Gasteiger partial charge on any atom is 0.146 e. The van der Waals surface area contributed by atoms with Crippen molar-refractivity contribution in [1.82, 2.24) is 0 Å². The smallest absolute Gasteiger partial charge is 0.146 e. The number of hydrogen-bond donors (Lipinski definition) is 0. The molecule has 0 spiro atoms. The molecule has 4 saturated heterocycles. The Morgan fingerprint density at radius 1 is 0.913 bits per heavy atom. The lowest BCUT2D eigenvalue weighted by Crippen LogP contribution is -2.32. The van der Waals surface area contributed by atoms with Gasteiger partial charge in [0.1, 0.15) is 17.3 Å². The van der Waals surface area contributed by atoms with E-state index >= 15 is 0 Å². The normalized spacial score (nSPS) is 43.2. The van der Waals surface area contributed by atoms with Crippen LogP contribution in [-0.2, 0) is 29.3 Å². The molecule has 124 valence electrons. The monoisotopic (exact) mass is 318 g/mol. The zero-order chi connectivity index (χ0) is 15.3. The first-order chi connectivity index (χ1) is 11.3. The predicted molar refractivity (Wildman–Crippen MR) is 81.2 cm³/mol. The third-order valence-electron chi connectivity index (χ3n) is 5.23. The fourth-order valence-electron chi connectivity index (χ4n) is 3.68. The van der Waals surface area contributed by atoms with Crippen molar-refractivity contribution in [3.63, 3.8) is 0 Å². The highest BCUT2D eigenvalue weighted by Crippen LogP contribution is 2.62. The second kappa shape index (κ2) is 5.26. The zero-order valence-electron chi connectivity index (χ0n) is 13.1.